The predicted molar refractivity (Wildman–Crippen MR) is 72.4 cm³/mol. The zero-order valence-electron chi connectivity index (χ0n) is 10.1. The molecule has 3 rings (SSSR count). The summed E-state index contributed by atoms with van der Waals surface area (Å²) in [6.45, 7) is 2.08. The van der Waals surface area contributed by atoms with Crippen LogP contribution >= 0.6 is 11.6 Å². The number of nitrogens with one attached hydrogen (secondary N) is 1. The fraction of sp³-hybridized carbons (Fsp3) is 0.154. The molecular weight excluding hydrogens is 266 g/mol. The first-order chi connectivity index (χ1) is 9.20. The van der Waals surface area contributed by atoms with Gasteiger partial charge in [-0.25, -0.2) is 9.78 Å². The minimum absolute atomic E-state index is 0.324. The van der Waals surface area contributed by atoms with Crippen molar-refractivity contribution in [3.63, 3.8) is 0 Å². The Kier molecular flexibility index (Phi) is 2.83. The predicted octanol–water partition coefficient (Wildman–Crippen LogP) is 2.94. The number of esters is 1. The fourth-order valence-electron chi connectivity index (χ4n) is 2.00. The summed E-state index contributed by atoms with van der Waals surface area (Å²) in [5, 5.41) is 2.01. The Morgan fingerprint density at radius 1 is 1.47 bits per heavy atom. The van der Waals surface area contributed by atoms with Gasteiger partial charge in [-0.05, 0) is 19.1 Å². The molecule has 19 heavy (non-hydrogen) atoms. The number of aromatic amines is 1. The van der Waals surface area contributed by atoms with Crippen LogP contribution in [0.2, 0.25) is 5.15 Å². The van der Waals surface area contributed by atoms with Crippen molar-refractivity contribution >= 4 is 39.4 Å². The summed E-state index contributed by atoms with van der Waals surface area (Å²) >= 11 is 6.12. The average molecular weight is 276 g/mol. The second kappa shape index (κ2) is 4.51. The van der Waals surface area contributed by atoms with Crippen molar-refractivity contribution in [1.29, 1.82) is 0 Å². The number of pyridine rings is 2. The standard InChI is InChI=1S/C13H10ClN3O2/c1-2-19-13(18)10-5-9-11(16-10)8-6-15-4-3-7(8)12(14)17-9/h3-6,16H,2H2,1H3. The van der Waals surface area contributed by atoms with Gasteiger partial charge in [0.25, 0.3) is 0 Å². The lowest BCUT2D eigenvalue weighted by Crippen LogP contribution is -2.04. The third-order valence-corrected chi connectivity index (χ3v) is 3.11. The maximum atomic E-state index is 11.7. The first kappa shape index (κ1) is 11.9. The second-order valence-corrected chi connectivity index (χ2v) is 4.35. The lowest BCUT2D eigenvalue weighted by Gasteiger charge is -2.00. The van der Waals surface area contributed by atoms with Crippen LogP contribution in [-0.4, -0.2) is 27.5 Å². The molecule has 3 heterocycles. The Bertz CT molecular complexity index is 782. The second-order valence-electron chi connectivity index (χ2n) is 3.99. The molecule has 0 bridgehead atoms. The van der Waals surface area contributed by atoms with Gasteiger partial charge in [-0.3, -0.25) is 4.98 Å². The van der Waals surface area contributed by atoms with Crippen LogP contribution in [-0.2, 0) is 4.74 Å². The lowest BCUT2D eigenvalue weighted by molar-refractivity contribution is 0.0520. The van der Waals surface area contributed by atoms with Crippen molar-refractivity contribution in [1.82, 2.24) is 15.0 Å². The highest BCUT2D eigenvalue weighted by Crippen LogP contribution is 2.28. The van der Waals surface area contributed by atoms with E-state index in [1.54, 1.807) is 31.5 Å². The van der Waals surface area contributed by atoms with Gasteiger partial charge in [0, 0.05) is 23.2 Å². The van der Waals surface area contributed by atoms with Gasteiger partial charge in [-0.2, -0.15) is 0 Å². The van der Waals surface area contributed by atoms with Crippen LogP contribution in [0.4, 0.5) is 0 Å². The van der Waals surface area contributed by atoms with Crippen LogP contribution in [0.1, 0.15) is 17.4 Å². The third-order valence-electron chi connectivity index (χ3n) is 2.82. The van der Waals surface area contributed by atoms with Crippen molar-refractivity contribution in [2.45, 2.75) is 6.92 Å². The number of nitrogens with zero attached hydrogens (tertiary/aromatic N) is 2. The Balaban J connectivity index is 2.28. The van der Waals surface area contributed by atoms with E-state index in [1.165, 1.54) is 0 Å². The number of carbonyl (C=O) groups is 1. The number of halogens is 1. The highest BCUT2D eigenvalue weighted by molar-refractivity contribution is 6.35. The quantitative estimate of drug-likeness (QED) is 0.577. The molecular formula is C13H10ClN3O2. The van der Waals surface area contributed by atoms with Crippen LogP contribution in [0.15, 0.2) is 24.5 Å². The van der Waals surface area contributed by atoms with Gasteiger partial charge in [0.1, 0.15) is 10.8 Å². The van der Waals surface area contributed by atoms with E-state index in [1.807, 2.05) is 0 Å². The topological polar surface area (TPSA) is 67.9 Å². The molecule has 3 aromatic rings. The minimum Gasteiger partial charge on any atom is -0.461 e. The molecule has 0 aromatic carbocycles. The summed E-state index contributed by atoms with van der Waals surface area (Å²) in [6, 6.07) is 3.42. The average Bonchev–Trinajstić information content (AvgIpc) is 2.83. The van der Waals surface area contributed by atoms with E-state index >= 15 is 0 Å². The molecule has 0 unspecified atom stereocenters. The molecule has 3 aromatic heterocycles. The molecule has 0 saturated carbocycles. The lowest BCUT2D eigenvalue weighted by atomic mass is 10.2. The van der Waals surface area contributed by atoms with Crippen LogP contribution in [0, 0.1) is 0 Å². The molecule has 5 nitrogen and oxygen atoms in total. The molecule has 1 N–H and O–H groups in total. The van der Waals surface area contributed by atoms with Gasteiger partial charge in [0.15, 0.2) is 0 Å². The van der Waals surface area contributed by atoms with E-state index in [9.17, 15) is 4.79 Å². The Morgan fingerprint density at radius 2 is 2.32 bits per heavy atom. The number of ether oxygens (including phenoxy) is 1. The minimum atomic E-state index is -0.409. The number of hydrogen-bond donors (Lipinski definition) is 1. The van der Waals surface area contributed by atoms with Gasteiger partial charge in [-0.1, -0.05) is 11.6 Å². The number of hydrogen-bond acceptors (Lipinski definition) is 4. The molecule has 0 saturated heterocycles. The normalized spacial score (nSPS) is 11.1. The number of rotatable bonds is 2. The number of H-pyrrole nitrogens is 1. The molecule has 96 valence electrons. The zero-order valence-corrected chi connectivity index (χ0v) is 10.9. The molecule has 0 aliphatic rings. The molecule has 0 amide bonds. The van der Waals surface area contributed by atoms with Crippen molar-refractivity contribution < 1.29 is 9.53 Å². The zero-order chi connectivity index (χ0) is 13.4. The van der Waals surface area contributed by atoms with Gasteiger partial charge >= 0.3 is 5.97 Å². The maximum absolute atomic E-state index is 11.7. The van der Waals surface area contributed by atoms with Crippen molar-refractivity contribution in [3.8, 4) is 0 Å². The highest BCUT2D eigenvalue weighted by Gasteiger charge is 2.14. The van der Waals surface area contributed by atoms with Gasteiger partial charge < -0.3 is 9.72 Å². The van der Waals surface area contributed by atoms with E-state index in [4.69, 9.17) is 16.3 Å². The maximum Gasteiger partial charge on any atom is 0.354 e. The van der Waals surface area contributed by atoms with E-state index in [-0.39, 0.29) is 0 Å². The van der Waals surface area contributed by atoms with Crippen molar-refractivity contribution in [3.05, 3.63) is 35.4 Å². The highest BCUT2D eigenvalue weighted by atomic mass is 35.5. The summed E-state index contributed by atoms with van der Waals surface area (Å²) in [6.07, 6.45) is 3.34. The number of fused-ring (bicyclic) bond motifs is 3. The van der Waals surface area contributed by atoms with E-state index in [2.05, 4.69) is 15.0 Å². The Hall–Kier alpha value is -2.14. The molecule has 0 radical (unpaired) electrons. The molecule has 6 heteroatoms. The van der Waals surface area contributed by atoms with E-state index in [0.29, 0.717) is 23.0 Å². The third kappa shape index (κ3) is 1.92. The first-order valence-electron chi connectivity index (χ1n) is 5.79. The Morgan fingerprint density at radius 3 is 3.11 bits per heavy atom. The summed E-state index contributed by atoms with van der Waals surface area (Å²) < 4.78 is 4.95. The van der Waals surface area contributed by atoms with Crippen LogP contribution in [0.25, 0.3) is 21.8 Å². The molecule has 0 aliphatic carbocycles. The fourth-order valence-corrected chi connectivity index (χ4v) is 2.25. The van der Waals surface area contributed by atoms with Crippen molar-refractivity contribution in [2.24, 2.45) is 0 Å². The largest absolute Gasteiger partial charge is 0.461 e. The molecule has 0 fully saturated rings. The molecule has 0 spiro atoms. The smallest absolute Gasteiger partial charge is 0.354 e. The van der Waals surface area contributed by atoms with Crippen LogP contribution < -0.4 is 0 Å². The van der Waals surface area contributed by atoms with E-state index in [0.717, 1.165) is 16.3 Å². The Labute approximate surface area is 113 Å². The summed E-state index contributed by atoms with van der Waals surface area (Å²) in [5.74, 6) is -0.409. The monoisotopic (exact) mass is 275 g/mol. The number of carbonyl (C=O) groups excluding carboxylic acids is 1. The summed E-state index contributed by atoms with van der Waals surface area (Å²) in [7, 11) is 0. The van der Waals surface area contributed by atoms with Crippen LogP contribution in [0.5, 0.6) is 0 Å². The molecule has 0 aliphatic heterocycles. The summed E-state index contributed by atoms with van der Waals surface area (Å²) in [5.41, 5.74) is 1.71. The van der Waals surface area contributed by atoms with Gasteiger partial charge in [0.05, 0.1) is 17.6 Å². The van der Waals surface area contributed by atoms with Gasteiger partial charge in [0.2, 0.25) is 0 Å². The summed E-state index contributed by atoms with van der Waals surface area (Å²) in [4.78, 5) is 23.1. The van der Waals surface area contributed by atoms with Gasteiger partial charge in [-0.15, -0.1) is 0 Å². The van der Waals surface area contributed by atoms with Crippen LogP contribution in [0.3, 0.4) is 0 Å². The number of aromatic nitrogens is 3. The SMILES string of the molecule is CCOC(=O)c1cc2nc(Cl)c3ccncc3c2[nH]1. The van der Waals surface area contributed by atoms with Crippen molar-refractivity contribution in [2.75, 3.05) is 6.61 Å². The molecule has 0 atom stereocenters. The van der Waals surface area contributed by atoms with E-state index < -0.39 is 5.97 Å². The first-order valence-corrected chi connectivity index (χ1v) is 6.17.